The summed E-state index contributed by atoms with van der Waals surface area (Å²) in [7, 11) is -4.40. The number of furan rings is 1. The van der Waals surface area contributed by atoms with Gasteiger partial charge in [0, 0.05) is 32.2 Å². The Morgan fingerprint density at radius 2 is 1.33 bits per heavy atom. The molecule has 0 amide bonds. The molecule has 11 nitrogen and oxygen atoms in total. The number of phosphoric acid groups is 1. The van der Waals surface area contributed by atoms with Gasteiger partial charge in [-0.2, -0.15) is 0 Å². The highest BCUT2D eigenvalue weighted by Crippen LogP contribution is 2.43. The van der Waals surface area contributed by atoms with Crippen LogP contribution >= 0.6 is 7.82 Å². The topological polar surface area (TPSA) is 160 Å². The largest absolute Gasteiger partial charge is 0.472 e. The minimum atomic E-state index is -4.40. The van der Waals surface area contributed by atoms with Crippen molar-refractivity contribution in [2.24, 2.45) is 5.73 Å². The third-order valence-corrected chi connectivity index (χ3v) is 11.3. The number of esters is 2. The van der Waals surface area contributed by atoms with Gasteiger partial charge in [-0.25, -0.2) is 4.57 Å². The summed E-state index contributed by atoms with van der Waals surface area (Å²) >= 11 is 0. The fraction of sp³-hybridized carbons (Fsp3) is 0.814. The molecule has 3 unspecified atom stereocenters. The molecule has 1 saturated heterocycles. The number of unbranched alkanes of at least 4 members (excludes halogenated alkanes) is 14. The minimum absolute atomic E-state index is 0.0419. The Bertz CT molecular complexity index is 1250. The third kappa shape index (κ3) is 23.7. The van der Waals surface area contributed by atoms with Crippen LogP contribution < -0.4 is 5.73 Å². The van der Waals surface area contributed by atoms with Crippen molar-refractivity contribution in [3.63, 3.8) is 0 Å². The first-order valence-corrected chi connectivity index (χ1v) is 23.1. The Balaban J connectivity index is 1.59. The smallest absolute Gasteiger partial charge is 0.466 e. The van der Waals surface area contributed by atoms with Crippen LogP contribution in [0.15, 0.2) is 16.6 Å². The predicted molar refractivity (Wildman–Crippen MR) is 218 cm³/mol. The summed E-state index contributed by atoms with van der Waals surface area (Å²) in [5.74, 6) is 1.39. The first-order chi connectivity index (χ1) is 26.6. The summed E-state index contributed by atoms with van der Waals surface area (Å²) in [6.45, 7) is 7.92. The molecule has 1 fully saturated rings. The van der Waals surface area contributed by atoms with Gasteiger partial charge >= 0.3 is 19.8 Å². The Morgan fingerprint density at radius 3 is 1.98 bits per heavy atom. The van der Waals surface area contributed by atoms with Gasteiger partial charge in [-0.05, 0) is 76.3 Å². The lowest BCUT2D eigenvalue weighted by Crippen LogP contribution is -2.29. The minimum Gasteiger partial charge on any atom is -0.466 e. The Hall–Kier alpha value is -2.01. The van der Waals surface area contributed by atoms with Gasteiger partial charge in [0.1, 0.15) is 18.1 Å². The maximum absolute atomic E-state index is 12.7. The lowest BCUT2D eigenvalue weighted by atomic mass is 10.0. The maximum Gasteiger partial charge on any atom is 0.472 e. The molecular formula is C43H76NO10P. The number of allylic oxidation sites excluding steroid dienone is 1. The second kappa shape index (κ2) is 30.1. The summed E-state index contributed by atoms with van der Waals surface area (Å²) < 4.78 is 44.8. The number of ether oxygens (including phenoxy) is 3. The van der Waals surface area contributed by atoms with Crippen molar-refractivity contribution in [2.75, 3.05) is 26.4 Å². The number of hydrogen-bond donors (Lipinski definition) is 2. The van der Waals surface area contributed by atoms with Crippen LogP contribution in [0.3, 0.4) is 0 Å². The Labute approximate surface area is 332 Å². The van der Waals surface area contributed by atoms with E-state index in [-0.39, 0.29) is 32.6 Å². The molecule has 3 N–H and O–H groups in total. The highest BCUT2D eigenvalue weighted by molar-refractivity contribution is 7.47. The second-order valence-corrected chi connectivity index (χ2v) is 16.6. The zero-order valence-electron chi connectivity index (χ0n) is 34.8. The van der Waals surface area contributed by atoms with Crippen molar-refractivity contribution < 1.29 is 46.7 Å². The maximum atomic E-state index is 12.7. The van der Waals surface area contributed by atoms with Crippen LogP contribution in [-0.2, 0) is 50.3 Å². The van der Waals surface area contributed by atoms with Crippen molar-refractivity contribution in [3.8, 4) is 0 Å². The molecule has 12 heteroatoms. The first kappa shape index (κ1) is 49.1. The van der Waals surface area contributed by atoms with Gasteiger partial charge in [-0.3, -0.25) is 18.6 Å². The van der Waals surface area contributed by atoms with Crippen molar-refractivity contribution in [2.45, 2.75) is 200 Å². The lowest BCUT2D eigenvalue weighted by Gasteiger charge is -2.19. The zero-order chi connectivity index (χ0) is 40.2. The summed E-state index contributed by atoms with van der Waals surface area (Å²) in [5, 5.41) is 0. The molecule has 4 atom stereocenters. The molecule has 2 heterocycles. The number of nitrogens with two attached hydrogens (primary N) is 1. The molecule has 0 spiro atoms. The molecule has 0 saturated carbocycles. The van der Waals surface area contributed by atoms with Gasteiger partial charge in [-0.15, -0.1) is 0 Å². The molecule has 55 heavy (non-hydrogen) atoms. The van der Waals surface area contributed by atoms with Gasteiger partial charge < -0.3 is 29.3 Å². The zero-order valence-corrected chi connectivity index (χ0v) is 35.7. The van der Waals surface area contributed by atoms with Crippen LogP contribution in [0.25, 0.3) is 0 Å². The summed E-state index contributed by atoms with van der Waals surface area (Å²) in [6.07, 6.45) is 28.1. The number of epoxide rings is 1. The SMILES string of the molecule is CCCCCc1oc(CCCCCCCCC(=O)O[C@H](COC(=O)CCCCCCC/C=C\CC2OC2CCCCC)COP(=O)(O)OCCN)c(C)c1C. The average molecular weight is 798 g/mol. The van der Waals surface area contributed by atoms with Crippen molar-refractivity contribution in [1.82, 2.24) is 0 Å². The van der Waals surface area contributed by atoms with Crippen molar-refractivity contribution in [3.05, 3.63) is 34.8 Å². The molecule has 318 valence electrons. The van der Waals surface area contributed by atoms with E-state index in [2.05, 4.69) is 39.8 Å². The lowest BCUT2D eigenvalue weighted by molar-refractivity contribution is -0.161. The van der Waals surface area contributed by atoms with Crippen LogP contribution in [0.2, 0.25) is 0 Å². The van der Waals surface area contributed by atoms with Gasteiger partial charge in [0.2, 0.25) is 0 Å². The molecule has 1 aliphatic heterocycles. The van der Waals surface area contributed by atoms with Crippen LogP contribution in [0.1, 0.15) is 178 Å². The number of aryl methyl sites for hydroxylation is 2. The van der Waals surface area contributed by atoms with Gasteiger partial charge in [-0.1, -0.05) is 103 Å². The molecule has 1 aliphatic rings. The van der Waals surface area contributed by atoms with Gasteiger partial charge in [0.25, 0.3) is 0 Å². The number of carbonyl (C=O) groups excluding carboxylic acids is 2. The van der Waals surface area contributed by atoms with Crippen LogP contribution in [0.5, 0.6) is 0 Å². The van der Waals surface area contributed by atoms with Crippen LogP contribution in [0, 0.1) is 13.8 Å². The van der Waals surface area contributed by atoms with E-state index >= 15 is 0 Å². The fourth-order valence-electron chi connectivity index (χ4n) is 6.64. The summed E-state index contributed by atoms with van der Waals surface area (Å²) in [5.41, 5.74) is 7.95. The first-order valence-electron chi connectivity index (χ1n) is 21.6. The molecule has 0 aromatic carbocycles. The van der Waals surface area contributed by atoms with E-state index in [1.807, 2.05) is 0 Å². The average Bonchev–Trinajstić information content (AvgIpc) is 3.86. The summed E-state index contributed by atoms with van der Waals surface area (Å²) in [4.78, 5) is 35.0. The van der Waals surface area contributed by atoms with E-state index in [9.17, 15) is 19.0 Å². The van der Waals surface area contributed by atoms with E-state index in [4.69, 9.17) is 33.4 Å². The second-order valence-electron chi connectivity index (χ2n) is 15.2. The van der Waals surface area contributed by atoms with E-state index in [0.29, 0.717) is 25.0 Å². The Morgan fingerprint density at radius 1 is 0.745 bits per heavy atom. The normalized spacial score (nSPS) is 17.1. The fourth-order valence-corrected chi connectivity index (χ4v) is 7.41. The third-order valence-electron chi connectivity index (χ3n) is 10.3. The molecular weight excluding hydrogens is 721 g/mol. The van der Waals surface area contributed by atoms with E-state index in [1.54, 1.807) is 0 Å². The molecule has 1 aromatic rings. The van der Waals surface area contributed by atoms with Crippen molar-refractivity contribution >= 4 is 19.8 Å². The summed E-state index contributed by atoms with van der Waals surface area (Å²) in [6, 6.07) is 0. The molecule has 0 bridgehead atoms. The highest BCUT2D eigenvalue weighted by Gasteiger charge is 2.36. The quantitative estimate of drug-likeness (QED) is 0.0219. The van der Waals surface area contributed by atoms with Gasteiger partial charge in [0.05, 0.1) is 25.4 Å². The Kier molecular flexibility index (Phi) is 26.9. The van der Waals surface area contributed by atoms with Crippen LogP contribution in [0.4, 0.5) is 0 Å². The van der Waals surface area contributed by atoms with Crippen LogP contribution in [-0.4, -0.2) is 61.5 Å². The highest BCUT2D eigenvalue weighted by atomic mass is 31.2. The van der Waals surface area contributed by atoms with E-state index < -0.39 is 32.5 Å². The molecule has 0 aliphatic carbocycles. The molecule has 1 aromatic heterocycles. The number of hydrogen-bond acceptors (Lipinski definition) is 10. The predicted octanol–water partition coefficient (Wildman–Crippen LogP) is 10.5. The number of rotatable bonds is 36. The monoisotopic (exact) mass is 798 g/mol. The molecule has 0 radical (unpaired) electrons. The number of carbonyl (C=O) groups is 2. The standard InChI is InChI=1S/C43H76NO10P/c1-5-7-19-25-38-35(3)36(4)39(53-38)26-21-15-13-14-18-24-30-43(46)52-37(34-51-55(47,48)50-32-31-44)33-49-42(45)29-23-17-12-10-9-11-16-22-28-41-40(54-41)27-20-8-6-2/h16,22,37,40-41H,5-15,17-21,23-34,44H2,1-4H3,(H,47,48)/b22-16-/t37-,40?,41?/m1/s1. The van der Waals surface area contributed by atoms with E-state index in [0.717, 1.165) is 95.0 Å². The van der Waals surface area contributed by atoms with E-state index in [1.165, 1.54) is 56.1 Å². The van der Waals surface area contributed by atoms with Gasteiger partial charge in [0.15, 0.2) is 6.10 Å². The van der Waals surface area contributed by atoms with Crippen molar-refractivity contribution in [1.29, 1.82) is 0 Å². The molecule has 2 rings (SSSR count). The number of phosphoric ester groups is 1.